The zero-order valence-electron chi connectivity index (χ0n) is 20.4. The molecule has 1 aromatic heterocycles. The van der Waals surface area contributed by atoms with Crippen LogP contribution < -0.4 is 4.74 Å². The molecule has 0 saturated carbocycles. The number of carbonyl (C=O) groups excluding carboxylic acids is 2. The van der Waals surface area contributed by atoms with E-state index in [2.05, 4.69) is 4.98 Å². The molecule has 2 aromatic carbocycles. The number of nitrogens with zero attached hydrogens (tertiary/aromatic N) is 3. The van der Waals surface area contributed by atoms with E-state index in [0.29, 0.717) is 16.9 Å². The fourth-order valence-corrected chi connectivity index (χ4v) is 3.38. The first-order chi connectivity index (χ1) is 16.4. The summed E-state index contributed by atoms with van der Waals surface area (Å²) in [6.07, 6.45) is 1.00. The van der Waals surface area contributed by atoms with Crippen molar-refractivity contribution < 1.29 is 29.0 Å². The molecule has 9 nitrogen and oxygen atoms in total. The average Bonchev–Trinajstić information content (AvgIpc) is 3.27. The lowest BCUT2D eigenvalue weighted by molar-refractivity contribution is 0.0292. The monoisotopic (exact) mass is 479 g/mol. The standard InChI is InChI=1S/C26H29N3O6/c1-17-6-8-19(9-7-17)23(30)34-20-12-10-18(11-13-20)21(22-27-14-15-29(22)24(31)32)16-28(5)25(33)35-26(2,3)4/h6-15,21H,16H2,1-5H3,(H,31,32). The molecule has 0 bridgehead atoms. The Balaban J connectivity index is 1.85. The second-order valence-electron chi connectivity index (χ2n) is 9.18. The van der Waals surface area contributed by atoms with Gasteiger partial charge in [0.1, 0.15) is 17.2 Å². The van der Waals surface area contributed by atoms with Gasteiger partial charge in [-0.3, -0.25) is 0 Å². The lowest BCUT2D eigenvalue weighted by atomic mass is 9.97. The number of hydrogen-bond donors (Lipinski definition) is 1. The van der Waals surface area contributed by atoms with Gasteiger partial charge in [-0.15, -0.1) is 0 Å². The van der Waals surface area contributed by atoms with Crippen molar-refractivity contribution in [3.63, 3.8) is 0 Å². The van der Waals surface area contributed by atoms with E-state index in [1.807, 2.05) is 19.1 Å². The lowest BCUT2D eigenvalue weighted by Gasteiger charge is -2.27. The Morgan fingerprint density at radius 3 is 2.26 bits per heavy atom. The largest absolute Gasteiger partial charge is 0.464 e. The molecule has 1 unspecified atom stereocenters. The summed E-state index contributed by atoms with van der Waals surface area (Å²) in [4.78, 5) is 42.3. The third kappa shape index (κ3) is 6.69. The number of likely N-dealkylation sites (N-methyl/N-ethyl adjacent to an activating group) is 1. The molecule has 3 aromatic rings. The van der Waals surface area contributed by atoms with Gasteiger partial charge >= 0.3 is 18.2 Å². The fraction of sp³-hybridized carbons (Fsp3) is 0.308. The molecule has 1 amide bonds. The molecule has 1 atom stereocenters. The van der Waals surface area contributed by atoms with Crippen molar-refractivity contribution in [2.75, 3.05) is 13.6 Å². The van der Waals surface area contributed by atoms with E-state index in [0.717, 1.165) is 10.1 Å². The minimum atomic E-state index is -1.19. The Morgan fingerprint density at radius 1 is 1.06 bits per heavy atom. The Labute approximate surface area is 203 Å². The van der Waals surface area contributed by atoms with Gasteiger partial charge in [0.2, 0.25) is 0 Å². The molecule has 0 aliphatic carbocycles. The predicted octanol–water partition coefficient (Wildman–Crippen LogP) is 4.94. The summed E-state index contributed by atoms with van der Waals surface area (Å²) >= 11 is 0. The number of imidazole rings is 1. The molecule has 9 heteroatoms. The first-order valence-corrected chi connectivity index (χ1v) is 11.0. The number of carbonyl (C=O) groups is 3. The van der Waals surface area contributed by atoms with Crippen molar-refractivity contribution in [2.45, 2.75) is 39.2 Å². The highest BCUT2D eigenvalue weighted by Gasteiger charge is 2.27. The fourth-order valence-electron chi connectivity index (χ4n) is 3.38. The summed E-state index contributed by atoms with van der Waals surface area (Å²) < 4.78 is 11.9. The number of hydrogen-bond acceptors (Lipinski definition) is 6. The van der Waals surface area contributed by atoms with E-state index >= 15 is 0 Å². The molecular weight excluding hydrogens is 450 g/mol. The molecule has 0 spiro atoms. The third-order valence-electron chi connectivity index (χ3n) is 5.13. The number of ether oxygens (including phenoxy) is 2. The Kier molecular flexibility index (Phi) is 7.58. The molecule has 0 aliphatic rings. The van der Waals surface area contributed by atoms with Gasteiger partial charge in [-0.2, -0.15) is 0 Å². The molecule has 184 valence electrons. The number of benzene rings is 2. The van der Waals surface area contributed by atoms with Crippen molar-refractivity contribution in [3.05, 3.63) is 83.4 Å². The molecule has 0 saturated heterocycles. The number of amides is 1. The van der Waals surface area contributed by atoms with Crippen LogP contribution in [0.3, 0.4) is 0 Å². The van der Waals surface area contributed by atoms with Crippen molar-refractivity contribution in [3.8, 4) is 5.75 Å². The quantitative estimate of drug-likeness (QED) is 0.394. The molecule has 1 N–H and O–H groups in total. The molecule has 35 heavy (non-hydrogen) atoms. The normalized spacial score (nSPS) is 12.0. The molecule has 3 rings (SSSR count). The maximum Gasteiger partial charge on any atom is 0.417 e. The van der Waals surface area contributed by atoms with Crippen LogP contribution in [-0.2, 0) is 4.74 Å². The van der Waals surface area contributed by atoms with Crippen LogP contribution in [0.2, 0.25) is 0 Å². The van der Waals surface area contributed by atoms with Crippen LogP contribution >= 0.6 is 0 Å². The van der Waals surface area contributed by atoms with Gasteiger partial charge in [0.25, 0.3) is 0 Å². The first-order valence-electron chi connectivity index (χ1n) is 11.0. The minimum Gasteiger partial charge on any atom is -0.464 e. The minimum absolute atomic E-state index is 0.113. The van der Waals surface area contributed by atoms with E-state index in [-0.39, 0.29) is 12.4 Å². The summed E-state index contributed by atoms with van der Waals surface area (Å²) in [7, 11) is 1.58. The van der Waals surface area contributed by atoms with Crippen molar-refractivity contribution in [2.24, 2.45) is 0 Å². The summed E-state index contributed by atoms with van der Waals surface area (Å²) in [6.45, 7) is 7.35. The zero-order valence-corrected chi connectivity index (χ0v) is 20.4. The van der Waals surface area contributed by atoms with Gasteiger partial charge in [0.05, 0.1) is 11.5 Å². The molecule has 1 heterocycles. The summed E-state index contributed by atoms with van der Waals surface area (Å²) in [6, 6.07) is 13.7. The van der Waals surface area contributed by atoms with Crippen LogP contribution in [0.25, 0.3) is 0 Å². The molecule has 0 fully saturated rings. The summed E-state index contributed by atoms with van der Waals surface area (Å²) in [5.41, 5.74) is 1.47. The number of aryl methyl sites for hydroxylation is 1. The van der Waals surface area contributed by atoms with Crippen LogP contribution in [0, 0.1) is 6.92 Å². The van der Waals surface area contributed by atoms with Crippen molar-refractivity contribution >= 4 is 18.2 Å². The van der Waals surface area contributed by atoms with Crippen LogP contribution in [-0.4, -0.2) is 56.9 Å². The molecule has 0 aliphatic heterocycles. The maximum atomic E-state index is 12.5. The van der Waals surface area contributed by atoms with Crippen LogP contribution in [0.1, 0.15) is 54.0 Å². The Morgan fingerprint density at radius 2 is 1.69 bits per heavy atom. The Hall–Kier alpha value is -4.14. The van der Waals surface area contributed by atoms with E-state index in [1.54, 1.807) is 64.2 Å². The van der Waals surface area contributed by atoms with Crippen molar-refractivity contribution in [1.82, 2.24) is 14.5 Å². The summed E-state index contributed by atoms with van der Waals surface area (Å²) in [5, 5.41) is 9.58. The van der Waals surface area contributed by atoms with E-state index in [4.69, 9.17) is 9.47 Å². The first kappa shape index (κ1) is 25.5. The highest BCUT2D eigenvalue weighted by molar-refractivity contribution is 5.91. The van der Waals surface area contributed by atoms with Gasteiger partial charge < -0.3 is 19.5 Å². The van der Waals surface area contributed by atoms with Crippen LogP contribution in [0.4, 0.5) is 9.59 Å². The topological polar surface area (TPSA) is 111 Å². The highest BCUT2D eigenvalue weighted by Crippen LogP contribution is 2.27. The number of rotatable bonds is 6. The van der Waals surface area contributed by atoms with Crippen molar-refractivity contribution in [1.29, 1.82) is 0 Å². The van der Waals surface area contributed by atoms with E-state index < -0.39 is 29.7 Å². The molecular formula is C26H29N3O6. The lowest BCUT2D eigenvalue weighted by Crippen LogP contribution is -2.37. The zero-order chi connectivity index (χ0) is 25.8. The SMILES string of the molecule is Cc1ccc(C(=O)Oc2ccc(C(CN(C)C(=O)OC(C)(C)C)c3nccn3C(=O)O)cc2)cc1. The number of carboxylic acid groups (broad SMARTS) is 1. The average molecular weight is 480 g/mol. The number of aromatic nitrogens is 2. The van der Waals surface area contributed by atoms with Gasteiger partial charge in [0, 0.05) is 26.0 Å². The van der Waals surface area contributed by atoms with Gasteiger partial charge in [-0.25, -0.2) is 23.9 Å². The second-order valence-corrected chi connectivity index (χ2v) is 9.18. The highest BCUT2D eigenvalue weighted by atomic mass is 16.6. The molecule has 0 radical (unpaired) electrons. The maximum absolute atomic E-state index is 12.5. The third-order valence-corrected chi connectivity index (χ3v) is 5.13. The second kappa shape index (κ2) is 10.4. The Bertz CT molecular complexity index is 1190. The van der Waals surface area contributed by atoms with E-state index in [1.165, 1.54) is 17.3 Å². The van der Waals surface area contributed by atoms with E-state index in [9.17, 15) is 19.5 Å². The number of esters is 1. The smallest absolute Gasteiger partial charge is 0.417 e. The predicted molar refractivity (Wildman–Crippen MR) is 129 cm³/mol. The van der Waals surface area contributed by atoms with Crippen LogP contribution in [0.5, 0.6) is 5.75 Å². The van der Waals surface area contributed by atoms with Gasteiger partial charge in [-0.05, 0) is 57.5 Å². The van der Waals surface area contributed by atoms with Gasteiger partial charge in [0.15, 0.2) is 0 Å². The van der Waals surface area contributed by atoms with Gasteiger partial charge in [-0.1, -0.05) is 29.8 Å². The van der Waals surface area contributed by atoms with Crippen LogP contribution in [0.15, 0.2) is 60.9 Å². The summed E-state index contributed by atoms with van der Waals surface area (Å²) in [5.74, 6) is -0.488.